The Morgan fingerprint density at radius 1 is 1.08 bits per heavy atom. The molecule has 1 fully saturated rings. The van der Waals surface area contributed by atoms with E-state index in [0.717, 1.165) is 29.8 Å². The minimum Gasteiger partial charge on any atom is -0.489 e. The quantitative estimate of drug-likeness (QED) is 0.800. The van der Waals surface area contributed by atoms with Gasteiger partial charge in [0, 0.05) is 18.7 Å². The highest BCUT2D eigenvalue weighted by atomic mass is 16.5. The van der Waals surface area contributed by atoms with Crippen LogP contribution in [0.2, 0.25) is 0 Å². The molecule has 0 saturated heterocycles. The fourth-order valence-corrected chi connectivity index (χ4v) is 3.36. The molecule has 24 heavy (non-hydrogen) atoms. The molecule has 1 aliphatic carbocycles. The molecule has 0 spiro atoms. The molecular formula is C21H25NO2. The number of anilines is 1. The molecule has 0 bridgehead atoms. The van der Waals surface area contributed by atoms with E-state index in [9.17, 15) is 4.79 Å². The van der Waals surface area contributed by atoms with Gasteiger partial charge in [-0.15, -0.1) is 0 Å². The van der Waals surface area contributed by atoms with E-state index >= 15 is 0 Å². The second-order valence-electron chi connectivity index (χ2n) is 7.43. The number of amides is 1. The molecule has 1 saturated carbocycles. The summed E-state index contributed by atoms with van der Waals surface area (Å²) in [6.07, 6.45) is 1.96. The first-order valence-corrected chi connectivity index (χ1v) is 8.49. The van der Waals surface area contributed by atoms with Gasteiger partial charge in [0.2, 0.25) is 5.91 Å². The van der Waals surface area contributed by atoms with Crippen molar-refractivity contribution in [2.24, 2.45) is 11.3 Å². The highest BCUT2D eigenvalue weighted by Crippen LogP contribution is 2.45. The molecular weight excluding hydrogens is 298 g/mol. The van der Waals surface area contributed by atoms with E-state index in [0.29, 0.717) is 12.0 Å². The van der Waals surface area contributed by atoms with Gasteiger partial charge in [-0.1, -0.05) is 44.2 Å². The zero-order valence-corrected chi connectivity index (χ0v) is 14.7. The number of carbonyl (C=O) groups excluding carboxylic acids is 1. The van der Waals surface area contributed by atoms with Crippen LogP contribution in [-0.4, -0.2) is 13.0 Å². The molecule has 1 aliphatic rings. The smallest absolute Gasteiger partial charge is 0.229 e. The summed E-state index contributed by atoms with van der Waals surface area (Å²) in [6.45, 7) is 4.98. The lowest BCUT2D eigenvalue weighted by molar-refractivity contribution is -0.128. The number of rotatable bonds is 5. The normalized spacial score (nSPS) is 16.3. The van der Waals surface area contributed by atoms with Gasteiger partial charge in [0.1, 0.15) is 12.4 Å². The highest BCUT2D eigenvalue weighted by Gasteiger charge is 2.41. The van der Waals surface area contributed by atoms with Crippen LogP contribution in [0.1, 0.15) is 32.3 Å². The lowest BCUT2D eigenvalue weighted by Gasteiger charge is -2.43. The van der Waals surface area contributed by atoms with Crippen LogP contribution in [0.25, 0.3) is 0 Å². The molecule has 3 rings (SSSR count). The Labute approximate surface area is 144 Å². The minimum absolute atomic E-state index is 0.166. The number of ether oxygens (including phenoxy) is 1. The third-order valence-corrected chi connectivity index (χ3v) is 4.75. The van der Waals surface area contributed by atoms with Gasteiger partial charge in [0.25, 0.3) is 0 Å². The number of nitrogens with zero attached hydrogens (tertiary/aromatic N) is 1. The number of hydrogen-bond acceptors (Lipinski definition) is 2. The summed E-state index contributed by atoms with van der Waals surface area (Å²) in [4.78, 5) is 14.3. The van der Waals surface area contributed by atoms with E-state index in [1.165, 1.54) is 0 Å². The lowest BCUT2D eigenvalue weighted by Crippen LogP contribution is -2.43. The predicted octanol–water partition coefficient (Wildman–Crippen LogP) is 4.66. The van der Waals surface area contributed by atoms with E-state index in [1.807, 2.05) is 61.6 Å². The summed E-state index contributed by atoms with van der Waals surface area (Å²) in [5.41, 5.74) is 2.37. The zero-order chi connectivity index (χ0) is 17.2. The second kappa shape index (κ2) is 6.68. The Balaban J connectivity index is 1.57. The maximum atomic E-state index is 12.5. The first kappa shape index (κ1) is 16.6. The standard InChI is InChI=1S/C21H25NO2/c1-21(2)13-17(14-21)20(23)22(3)18-9-11-19(12-10-18)24-15-16-7-5-4-6-8-16/h4-12,17H,13-15H2,1-3H3. The number of carbonyl (C=O) groups is 1. The number of hydrogen-bond donors (Lipinski definition) is 0. The van der Waals surface area contributed by atoms with E-state index in [2.05, 4.69) is 13.8 Å². The Morgan fingerprint density at radius 2 is 1.71 bits per heavy atom. The molecule has 0 atom stereocenters. The van der Waals surface area contributed by atoms with Gasteiger partial charge in [0.05, 0.1) is 0 Å². The Morgan fingerprint density at radius 3 is 2.29 bits per heavy atom. The van der Waals surface area contributed by atoms with Crippen LogP contribution in [0.3, 0.4) is 0 Å². The molecule has 0 aromatic heterocycles. The summed E-state index contributed by atoms with van der Waals surface area (Å²) in [5.74, 6) is 1.19. The zero-order valence-electron chi connectivity index (χ0n) is 14.7. The molecule has 0 radical (unpaired) electrons. The third kappa shape index (κ3) is 3.78. The summed E-state index contributed by atoms with van der Waals surface area (Å²) in [7, 11) is 1.85. The van der Waals surface area contributed by atoms with Crippen molar-refractivity contribution in [1.82, 2.24) is 0 Å². The molecule has 126 valence electrons. The van der Waals surface area contributed by atoms with Crippen LogP contribution in [0.15, 0.2) is 54.6 Å². The van der Waals surface area contributed by atoms with Gasteiger partial charge in [-0.25, -0.2) is 0 Å². The van der Waals surface area contributed by atoms with E-state index in [-0.39, 0.29) is 11.8 Å². The van der Waals surface area contributed by atoms with Crippen molar-refractivity contribution in [2.75, 3.05) is 11.9 Å². The van der Waals surface area contributed by atoms with Crippen LogP contribution in [0, 0.1) is 11.3 Å². The maximum Gasteiger partial charge on any atom is 0.229 e. The van der Waals surface area contributed by atoms with Crippen LogP contribution in [-0.2, 0) is 11.4 Å². The average Bonchev–Trinajstić information content (AvgIpc) is 2.58. The minimum atomic E-state index is 0.166. The van der Waals surface area contributed by atoms with Gasteiger partial charge < -0.3 is 9.64 Å². The van der Waals surface area contributed by atoms with Crippen molar-refractivity contribution in [2.45, 2.75) is 33.3 Å². The van der Waals surface area contributed by atoms with Crippen LogP contribution in [0.4, 0.5) is 5.69 Å². The summed E-state index contributed by atoms with van der Waals surface area (Å²) in [6, 6.07) is 17.8. The Bertz CT molecular complexity index is 684. The van der Waals surface area contributed by atoms with Gasteiger partial charge >= 0.3 is 0 Å². The summed E-state index contributed by atoms with van der Waals surface area (Å²) < 4.78 is 5.79. The van der Waals surface area contributed by atoms with Gasteiger partial charge in [-0.05, 0) is 48.1 Å². The van der Waals surface area contributed by atoms with Crippen molar-refractivity contribution >= 4 is 11.6 Å². The van der Waals surface area contributed by atoms with Crippen molar-refractivity contribution < 1.29 is 9.53 Å². The molecule has 3 heteroatoms. The van der Waals surface area contributed by atoms with Crippen LogP contribution in [0.5, 0.6) is 5.75 Å². The van der Waals surface area contributed by atoms with Crippen LogP contribution >= 0.6 is 0 Å². The molecule has 1 amide bonds. The molecule has 0 unspecified atom stereocenters. The lowest BCUT2D eigenvalue weighted by atomic mass is 9.64. The number of benzene rings is 2. The molecule has 0 heterocycles. The first-order valence-electron chi connectivity index (χ1n) is 8.49. The highest BCUT2D eigenvalue weighted by molar-refractivity contribution is 5.95. The van der Waals surface area contributed by atoms with Gasteiger partial charge in [-0.2, -0.15) is 0 Å². The van der Waals surface area contributed by atoms with Crippen molar-refractivity contribution in [3.05, 3.63) is 60.2 Å². The van der Waals surface area contributed by atoms with Crippen LogP contribution < -0.4 is 9.64 Å². The molecule has 0 N–H and O–H groups in total. The maximum absolute atomic E-state index is 12.5. The summed E-state index contributed by atoms with van der Waals surface area (Å²) in [5, 5.41) is 0. The van der Waals surface area contributed by atoms with Gasteiger partial charge in [0.15, 0.2) is 0 Å². The van der Waals surface area contributed by atoms with E-state index in [4.69, 9.17) is 4.74 Å². The van der Waals surface area contributed by atoms with Gasteiger partial charge in [-0.3, -0.25) is 4.79 Å². The average molecular weight is 323 g/mol. The van der Waals surface area contributed by atoms with Crippen molar-refractivity contribution in [3.63, 3.8) is 0 Å². The van der Waals surface area contributed by atoms with Crippen molar-refractivity contribution in [1.29, 1.82) is 0 Å². The van der Waals surface area contributed by atoms with Crippen molar-refractivity contribution in [3.8, 4) is 5.75 Å². The SMILES string of the molecule is CN(C(=O)C1CC(C)(C)C1)c1ccc(OCc2ccccc2)cc1. The molecule has 0 aliphatic heterocycles. The largest absolute Gasteiger partial charge is 0.489 e. The monoisotopic (exact) mass is 323 g/mol. The fourth-order valence-electron chi connectivity index (χ4n) is 3.36. The Hall–Kier alpha value is -2.29. The molecule has 3 nitrogen and oxygen atoms in total. The first-order chi connectivity index (χ1) is 11.4. The predicted molar refractivity (Wildman–Crippen MR) is 97.1 cm³/mol. The summed E-state index contributed by atoms with van der Waals surface area (Å²) >= 11 is 0. The third-order valence-electron chi connectivity index (χ3n) is 4.75. The Kier molecular flexibility index (Phi) is 4.61. The topological polar surface area (TPSA) is 29.5 Å². The van der Waals surface area contributed by atoms with E-state index in [1.54, 1.807) is 4.90 Å². The fraction of sp³-hybridized carbons (Fsp3) is 0.381. The van der Waals surface area contributed by atoms with E-state index < -0.39 is 0 Å². The molecule has 2 aromatic carbocycles. The second-order valence-corrected chi connectivity index (χ2v) is 7.43. The molecule has 2 aromatic rings.